The molecule has 0 saturated carbocycles. The summed E-state index contributed by atoms with van der Waals surface area (Å²) in [5.74, 6) is -0.250. The predicted octanol–water partition coefficient (Wildman–Crippen LogP) is 0.450. The first-order valence-corrected chi connectivity index (χ1v) is 3.76. The molecule has 0 saturated heterocycles. The average molecular weight is 177 g/mol. The number of hydrogen-bond donors (Lipinski definition) is 2. The molecule has 0 radical (unpaired) electrons. The second-order valence-electron chi connectivity index (χ2n) is 2.37. The quantitative estimate of drug-likeness (QED) is 0.654. The third-order valence-corrected chi connectivity index (χ3v) is 1.39. The van der Waals surface area contributed by atoms with Crippen molar-refractivity contribution < 1.29 is 4.79 Å². The van der Waals surface area contributed by atoms with Crippen LogP contribution in [0.15, 0.2) is 11.6 Å². The van der Waals surface area contributed by atoms with Gasteiger partial charge in [0.05, 0.1) is 6.54 Å². The Bertz CT molecular complexity index is 159. The van der Waals surface area contributed by atoms with E-state index in [9.17, 15) is 4.79 Å². The fourth-order valence-corrected chi connectivity index (χ4v) is 0.531. The van der Waals surface area contributed by atoms with E-state index in [1.165, 1.54) is 0 Å². The molecule has 1 unspecified atom stereocenters. The van der Waals surface area contributed by atoms with Crippen LogP contribution in [-0.2, 0) is 4.79 Å². The molecule has 0 bridgehead atoms. The largest absolute Gasteiger partial charge is 0.351 e. The molecule has 0 aromatic carbocycles. The van der Waals surface area contributed by atoms with Crippen LogP contribution in [0, 0.1) is 5.92 Å². The molecule has 0 aliphatic carbocycles. The zero-order chi connectivity index (χ0) is 8.85. The maximum atomic E-state index is 11.0. The van der Waals surface area contributed by atoms with Crippen molar-refractivity contribution in [3.05, 3.63) is 11.6 Å². The van der Waals surface area contributed by atoms with Crippen molar-refractivity contribution in [3.63, 3.8) is 0 Å². The second-order valence-corrected chi connectivity index (χ2v) is 2.91. The molecule has 1 amide bonds. The third-order valence-electron chi connectivity index (χ3n) is 1.26. The Hall–Kier alpha value is -0.540. The minimum absolute atomic E-state index is 0.0886. The molecule has 0 aromatic rings. The van der Waals surface area contributed by atoms with Crippen molar-refractivity contribution >= 4 is 17.5 Å². The lowest BCUT2D eigenvalue weighted by molar-refractivity contribution is -0.123. The lowest BCUT2D eigenvalue weighted by atomic mass is 10.2. The van der Waals surface area contributed by atoms with Crippen LogP contribution in [0.1, 0.15) is 6.92 Å². The van der Waals surface area contributed by atoms with Crippen molar-refractivity contribution in [2.45, 2.75) is 6.92 Å². The Morgan fingerprint density at radius 3 is 2.73 bits per heavy atom. The Balaban J connectivity index is 3.60. The summed E-state index contributed by atoms with van der Waals surface area (Å²) in [5.41, 5.74) is 5.26. The van der Waals surface area contributed by atoms with Gasteiger partial charge in [-0.05, 0) is 0 Å². The first-order chi connectivity index (χ1) is 5.07. The van der Waals surface area contributed by atoms with E-state index < -0.39 is 0 Å². The van der Waals surface area contributed by atoms with Gasteiger partial charge in [0.15, 0.2) is 0 Å². The molecule has 0 aliphatic heterocycles. The Morgan fingerprint density at radius 2 is 2.36 bits per heavy atom. The summed E-state index contributed by atoms with van der Waals surface area (Å²) in [6.07, 6.45) is 0. The Labute approximate surface area is 71.6 Å². The summed E-state index contributed by atoms with van der Waals surface area (Å²) in [4.78, 5) is 11.0. The number of rotatable bonds is 4. The van der Waals surface area contributed by atoms with Crippen molar-refractivity contribution in [1.82, 2.24) is 5.32 Å². The monoisotopic (exact) mass is 176 g/mol. The van der Waals surface area contributed by atoms with E-state index in [-0.39, 0.29) is 11.8 Å². The first-order valence-electron chi connectivity index (χ1n) is 3.39. The minimum Gasteiger partial charge on any atom is -0.351 e. The molecule has 0 spiro atoms. The number of hydrogen-bond acceptors (Lipinski definition) is 2. The van der Waals surface area contributed by atoms with E-state index in [0.717, 1.165) is 0 Å². The molecule has 0 heterocycles. The van der Waals surface area contributed by atoms with Crippen molar-refractivity contribution in [2.75, 3.05) is 13.1 Å². The highest BCUT2D eigenvalue weighted by Gasteiger charge is 2.08. The number of nitrogens with one attached hydrogen (secondary N) is 1. The molecular weight excluding hydrogens is 164 g/mol. The number of carbonyl (C=O) groups excluding carboxylic acids is 1. The first kappa shape index (κ1) is 10.5. The molecule has 11 heavy (non-hydrogen) atoms. The standard InChI is InChI=1S/C7H13ClN2O/c1-5(3-9)7(11)10-4-6(2)8/h5H,2-4,9H2,1H3,(H,10,11). The smallest absolute Gasteiger partial charge is 0.224 e. The zero-order valence-electron chi connectivity index (χ0n) is 6.56. The summed E-state index contributed by atoms with van der Waals surface area (Å²) in [7, 11) is 0. The van der Waals surface area contributed by atoms with Gasteiger partial charge in [0, 0.05) is 17.5 Å². The number of carbonyl (C=O) groups is 1. The predicted molar refractivity (Wildman–Crippen MR) is 46.2 cm³/mol. The van der Waals surface area contributed by atoms with Gasteiger partial charge in [-0.25, -0.2) is 0 Å². The molecular formula is C7H13ClN2O. The summed E-state index contributed by atoms with van der Waals surface area (Å²) in [6, 6.07) is 0. The molecule has 0 aliphatic rings. The molecule has 0 rings (SSSR count). The lowest BCUT2D eigenvalue weighted by Crippen LogP contribution is -2.33. The van der Waals surface area contributed by atoms with Crippen LogP contribution < -0.4 is 11.1 Å². The molecule has 64 valence electrons. The molecule has 3 nitrogen and oxygen atoms in total. The van der Waals surface area contributed by atoms with Gasteiger partial charge < -0.3 is 11.1 Å². The summed E-state index contributed by atoms with van der Waals surface area (Å²) in [5, 5.41) is 3.00. The maximum absolute atomic E-state index is 11.0. The molecule has 0 aromatic heterocycles. The van der Waals surface area contributed by atoms with Crippen LogP contribution in [0.2, 0.25) is 0 Å². The second kappa shape index (κ2) is 5.16. The normalized spacial score (nSPS) is 12.3. The van der Waals surface area contributed by atoms with E-state index in [1.54, 1.807) is 6.92 Å². The zero-order valence-corrected chi connectivity index (χ0v) is 7.32. The van der Waals surface area contributed by atoms with Crippen LogP contribution in [0.3, 0.4) is 0 Å². The van der Waals surface area contributed by atoms with E-state index in [1.807, 2.05) is 0 Å². The van der Waals surface area contributed by atoms with Crippen molar-refractivity contribution in [3.8, 4) is 0 Å². The van der Waals surface area contributed by atoms with Gasteiger partial charge >= 0.3 is 0 Å². The molecule has 3 N–H and O–H groups in total. The van der Waals surface area contributed by atoms with Crippen LogP contribution in [0.25, 0.3) is 0 Å². The van der Waals surface area contributed by atoms with Gasteiger partial charge in [-0.1, -0.05) is 25.1 Å². The molecule has 1 atom stereocenters. The van der Waals surface area contributed by atoms with E-state index >= 15 is 0 Å². The van der Waals surface area contributed by atoms with Gasteiger partial charge in [-0.15, -0.1) is 0 Å². The Morgan fingerprint density at radius 1 is 1.82 bits per heavy atom. The summed E-state index contributed by atoms with van der Waals surface area (Å²) in [6.45, 7) is 5.85. The SMILES string of the molecule is C=C(Cl)CNC(=O)C(C)CN. The fraction of sp³-hybridized carbons (Fsp3) is 0.571. The van der Waals surface area contributed by atoms with Gasteiger partial charge in [-0.3, -0.25) is 4.79 Å². The van der Waals surface area contributed by atoms with Crippen LogP contribution in [0.4, 0.5) is 0 Å². The molecule has 4 heteroatoms. The summed E-state index contributed by atoms with van der Waals surface area (Å²) >= 11 is 5.43. The van der Waals surface area contributed by atoms with Crippen molar-refractivity contribution in [2.24, 2.45) is 11.7 Å². The van der Waals surface area contributed by atoms with Crippen LogP contribution in [-0.4, -0.2) is 19.0 Å². The highest BCUT2D eigenvalue weighted by molar-refractivity contribution is 6.29. The third kappa shape index (κ3) is 4.81. The molecule has 0 fully saturated rings. The lowest BCUT2D eigenvalue weighted by Gasteiger charge is -2.08. The van der Waals surface area contributed by atoms with E-state index in [4.69, 9.17) is 17.3 Å². The highest BCUT2D eigenvalue weighted by Crippen LogP contribution is 1.95. The van der Waals surface area contributed by atoms with Gasteiger partial charge in [0.25, 0.3) is 0 Å². The Kier molecular flexibility index (Phi) is 4.90. The van der Waals surface area contributed by atoms with Gasteiger partial charge in [0.1, 0.15) is 0 Å². The number of nitrogens with two attached hydrogens (primary N) is 1. The van der Waals surface area contributed by atoms with Crippen molar-refractivity contribution in [1.29, 1.82) is 0 Å². The van der Waals surface area contributed by atoms with Gasteiger partial charge in [-0.2, -0.15) is 0 Å². The minimum atomic E-state index is -0.161. The fourth-order valence-electron chi connectivity index (χ4n) is 0.464. The van der Waals surface area contributed by atoms with Gasteiger partial charge in [0.2, 0.25) is 5.91 Å². The number of halogens is 1. The van der Waals surface area contributed by atoms with Crippen LogP contribution in [0.5, 0.6) is 0 Å². The van der Waals surface area contributed by atoms with E-state index in [2.05, 4.69) is 11.9 Å². The number of amides is 1. The summed E-state index contributed by atoms with van der Waals surface area (Å²) < 4.78 is 0. The van der Waals surface area contributed by atoms with Crippen LogP contribution >= 0.6 is 11.6 Å². The average Bonchev–Trinajstić information content (AvgIpc) is 1.98. The topological polar surface area (TPSA) is 55.1 Å². The maximum Gasteiger partial charge on any atom is 0.224 e. The van der Waals surface area contributed by atoms with E-state index in [0.29, 0.717) is 18.1 Å². The highest BCUT2D eigenvalue weighted by atomic mass is 35.5.